The lowest BCUT2D eigenvalue weighted by Gasteiger charge is -2.27. The molecule has 8 heteroatoms. The van der Waals surface area contributed by atoms with Crippen LogP contribution in [-0.2, 0) is 9.59 Å². The third-order valence-electron chi connectivity index (χ3n) is 6.55. The van der Waals surface area contributed by atoms with Gasteiger partial charge in [0.15, 0.2) is 0 Å². The van der Waals surface area contributed by atoms with E-state index in [1.165, 1.54) is 31.3 Å². The number of carbonyl (C=O) groups is 2. The van der Waals surface area contributed by atoms with Crippen LogP contribution in [0.1, 0.15) is 31.0 Å². The number of benzene rings is 3. The minimum atomic E-state index is -0.952. The molecule has 4 rings (SSSR count). The Hall–Kier alpha value is -4.33. The molecule has 0 aromatic heterocycles. The van der Waals surface area contributed by atoms with Crippen LogP contribution >= 0.6 is 0 Å². The van der Waals surface area contributed by atoms with E-state index in [1.807, 2.05) is 24.3 Å². The van der Waals surface area contributed by atoms with Crippen molar-refractivity contribution in [2.75, 3.05) is 37.1 Å². The van der Waals surface area contributed by atoms with Gasteiger partial charge in [0, 0.05) is 24.5 Å². The summed E-state index contributed by atoms with van der Waals surface area (Å²) in [6, 6.07) is 16.9. The summed E-state index contributed by atoms with van der Waals surface area (Å²) in [4.78, 5) is 30.3. The van der Waals surface area contributed by atoms with Crippen molar-refractivity contribution in [1.82, 2.24) is 0 Å². The SMILES string of the molecule is CCN(CC)c1ccc(C2/C(=C(\O)c3cc(F)ccc3OC)C(=O)C(=O)N2c2ccc(OC)cc2)cc1. The Bertz CT molecular complexity index is 1330. The number of hydrogen-bond donors (Lipinski definition) is 1. The fraction of sp³-hybridized carbons (Fsp3) is 0.241. The molecular formula is C29H29FN2O5. The molecule has 0 bridgehead atoms. The number of aliphatic hydroxyl groups excluding tert-OH is 1. The van der Waals surface area contributed by atoms with Gasteiger partial charge < -0.3 is 19.5 Å². The second-order valence-corrected chi connectivity index (χ2v) is 8.48. The topological polar surface area (TPSA) is 79.3 Å². The third kappa shape index (κ3) is 4.74. The molecule has 1 saturated heterocycles. The van der Waals surface area contributed by atoms with E-state index in [9.17, 15) is 19.1 Å². The summed E-state index contributed by atoms with van der Waals surface area (Å²) in [6.45, 7) is 5.75. The lowest BCUT2D eigenvalue weighted by Crippen LogP contribution is -2.29. The van der Waals surface area contributed by atoms with Crippen molar-refractivity contribution in [3.05, 3.63) is 89.2 Å². The van der Waals surface area contributed by atoms with Gasteiger partial charge in [0.05, 0.1) is 31.4 Å². The summed E-state index contributed by atoms with van der Waals surface area (Å²) in [6.07, 6.45) is 0. The number of methoxy groups -OCH3 is 2. The van der Waals surface area contributed by atoms with Crippen LogP contribution in [-0.4, -0.2) is 44.1 Å². The Morgan fingerprint density at radius 3 is 2.16 bits per heavy atom. The average molecular weight is 505 g/mol. The number of ketones is 1. The van der Waals surface area contributed by atoms with Gasteiger partial charge in [-0.25, -0.2) is 4.39 Å². The largest absolute Gasteiger partial charge is 0.507 e. The van der Waals surface area contributed by atoms with Crippen LogP contribution in [0.4, 0.5) is 15.8 Å². The van der Waals surface area contributed by atoms with Gasteiger partial charge in [0.2, 0.25) is 0 Å². The van der Waals surface area contributed by atoms with Crippen molar-refractivity contribution in [1.29, 1.82) is 0 Å². The quantitative estimate of drug-likeness (QED) is 0.254. The predicted octanol–water partition coefficient (Wildman–Crippen LogP) is 5.32. The van der Waals surface area contributed by atoms with E-state index in [1.54, 1.807) is 24.3 Å². The zero-order valence-corrected chi connectivity index (χ0v) is 21.2. The van der Waals surface area contributed by atoms with Crippen LogP contribution in [0.2, 0.25) is 0 Å². The van der Waals surface area contributed by atoms with E-state index in [4.69, 9.17) is 9.47 Å². The van der Waals surface area contributed by atoms with Crippen molar-refractivity contribution in [3.63, 3.8) is 0 Å². The number of ether oxygens (including phenoxy) is 2. The molecule has 1 unspecified atom stereocenters. The molecule has 0 aliphatic carbocycles. The fourth-order valence-corrected chi connectivity index (χ4v) is 4.62. The number of nitrogens with zero attached hydrogens (tertiary/aromatic N) is 2. The highest BCUT2D eigenvalue weighted by molar-refractivity contribution is 6.51. The van der Waals surface area contributed by atoms with E-state index in [-0.39, 0.29) is 16.9 Å². The Balaban J connectivity index is 1.93. The van der Waals surface area contributed by atoms with Crippen LogP contribution in [0.5, 0.6) is 11.5 Å². The first-order chi connectivity index (χ1) is 17.8. The Kier molecular flexibility index (Phi) is 7.47. The molecule has 3 aromatic rings. The number of carbonyl (C=O) groups excluding carboxylic acids is 2. The molecule has 1 N–H and O–H groups in total. The van der Waals surface area contributed by atoms with Gasteiger partial charge in [-0.3, -0.25) is 14.5 Å². The van der Waals surface area contributed by atoms with Crippen molar-refractivity contribution < 1.29 is 28.6 Å². The van der Waals surface area contributed by atoms with E-state index in [0.717, 1.165) is 24.8 Å². The number of aliphatic hydroxyl groups is 1. The zero-order valence-electron chi connectivity index (χ0n) is 21.2. The summed E-state index contributed by atoms with van der Waals surface area (Å²) in [5, 5.41) is 11.3. The van der Waals surface area contributed by atoms with Gasteiger partial charge in [-0.05, 0) is 74.0 Å². The smallest absolute Gasteiger partial charge is 0.300 e. The van der Waals surface area contributed by atoms with Gasteiger partial charge in [0.25, 0.3) is 11.7 Å². The summed E-state index contributed by atoms with van der Waals surface area (Å²) >= 11 is 0. The number of hydrogen-bond acceptors (Lipinski definition) is 6. The Labute approximate surface area is 215 Å². The first-order valence-electron chi connectivity index (χ1n) is 12.0. The molecule has 1 aliphatic rings. The second kappa shape index (κ2) is 10.7. The highest BCUT2D eigenvalue weighted by Gasteiger charge is 2.47. The molecule has 0 spiro atoms. The zero-order chi connectivity index (χ0) is 26.7. The fourth-order valence-electron chi connectivity index (χ4n) is 4.62. The molecule has 192 valence electrons. The van der Waals surface area contributed by atoms with Gasteiger partial charge in [-0.1, -0.05) is 12.1 Å². The molecule has 0 saturated carbocycles. The average Bonchev–Trinajstić information content (AvgIpc) is 3.19. The molecule has 1 heterocycles. The molecule has 1 fully saturated rings. The van der Waals surface area contributed by atoms with E-state index < -0.39 is 29.3 Å². The van der Waals surface area contributed by atoms with Crippen molar-refractivity contribution >= 4 is 28.8 Å². The summed E-state index contributed by atoms with van der Waals surface area (Å²) < 4.78 is 24.7. The van der Waals surface area contributed by atoms with Gasteiger partial charge in [-0.2, -0.15) is 0 Å². The number of amides is 1. The molecule has 1 amide bonds. The molecule has 37 heavy (non-hydrogen) atoms. The van der Waals surface area contributed by atoms with Gasteiger partial charge >= 0.3 is 0 Å². The molecule has 3 aromatic carbocycles. The van der Waals surface area contributed by atoms with E-state index >= 15 is 0 Å². The number of halogens is 1. The summed E-state index contributed by atoms with van der Waals surface area (Å²) in [5.74, 6) is -2.05. The first-order valence-corrected chi connectivity index (χ1v) is 12.0. The number of Topliss-reactive ketones (excluding diaryl/α,β-unsaturated/α-hetero) is 1. The van der Waals surface area contributed by atoms with Crippen LogP contribution in [0.15, 0.2) is 72.3 Å². The Morgan fingerprint density at radius 1 is 0.946 bits per heavy atom. The van der Waals surface area contributed by atoms with Crippen LogP contribution in [0.25, 0.3) is 5.76 Å². The van der Waals surface area contributed by atoms with Crippen LogP contribution < -0.4 is 19.3 Å². The van der Waals surface area contributed by atoms with Crippen molar-refractivity contribution in [2.24, 2.45) is 0 Å². The minimum Gasteiger partial charge on any atom is -0.507 e. The standard InChI is InChI=1S/C29H29FN2O5/c1-5-31(6-2)20-10-7-18(8-11-20)26-25(27(33)23-17-19(30)9-16-24(23)37-4)28(34)29(35)32(26)21-12-14-22(36-3)15-13-21/h7-17,26,33H,5-6H2,1-4H3/b27-25+. The maximum atomic E-state index is 14.2. The highest BCUT2D eigenvalue weighted by Crippen LogP contribution is 2.44. The third-order valence-corrected chi connectivity index (χ3v) is 6.55. The second-order valence-electron chi connectivity index (χ2n) is 8.48. The molecule has 1 atom stereocenters. The van der Waals surface area contributed by atoms with Crippen molar-refractivity contribution in [2.45, 2.75) is 19.9 Å². The lowest BCUT2D eigenvalue weighted by molar-refractivity contribution is -0.132. The highest BCUT2D eigenvalue weighted by atomic mass is 19.1. The molecular weight excluding hydrogens is 475 g/mol. The summed E-state index contributed by atoms with van der Waals surface area (Å²) in [5.41, 5.74) is 1.89. The molecule has 1 aliphatic heterocycles. The minimum absolute atomic E-state index is 0.0139. The normalized spacial score (nSPS) is 16.7. The van der Waals surface area contributed by atoms with Crippen molar-refractivity contribution in [3.8, 4) is 11.5 Å². The predicted molar refractivity (Wildman–Crippen MR) is 141 cm³/mol. The maximum Gasteiger partial charge on any atom is 0.300 e. The van der Waals surface area contributed by atoms with Crippen LogP contribution in [0, 0.1) is 5.82 Å². The van der Waals surface area contributed by atoms with E-state index in [0.29, 0.717) is 17.0 Å². The lowest BCUT2D eigenvalue weighted by atomic mass is 9.94. The first kappa shape index (κ1) is 25.8. The van der Waals surface area contributed by atoms with E-state index in [2.05, 4.69) is 18.7 Å². The van der Waals surface area contributed by atoms with Crippen LogP contribution in [0.3, 0.4) is 0 Å². The molecule has 0 radical (unpaired) electrons. The van der Waals surface area contributed by atoms with Gasteiger partial charge in [0.1, 0.15) is 23.1 Å². The maximum absolute atomic E-state index is 14.2. The number of anilines is 2. The number of rotatable bonds is 8. The molecule has 7 nitrogen and oxygen atoms in total. The Morgan fingerprint density at radius 2 is 1.59 bits per heavy atom. The summed E-state index contributed by atoms with van der Waals surface area (Å²) in [7, 11) is 2.91. The van der Waals surface area contributed by atoms with Gasteiger partial charge in [-0.15, -0.1) is 0 Å². The monoisotopic (exact) mass is 504 g/mol.